The first-order chi connectivity index (χ1) is 8.24. The fourth-order valence-electron chi connectivity index (χ4n) is 1.87. The Morgan fingerprint density at radius 1 is 1.53 bits per heavy atom. The molecule has 0 radical (unpaired) electrons. The number of nitrogens with zero attached hydrogens (tertiary/aromatic N) is 3. The number of nitrogens with one attached hydrogen (secondary N) is 2. The largest absolute Gasteiger partial charge is 0.310 e. The molecule has 0 saturated carbocycles. The first kappa shape index (κ1) is 10.4. The van der Waals surface area contributed by atoms with Gasteiger partial charge < -0.3 is 5.32 Å². The summed E-state index contributed by atoms with van der Waals surface area (Å²) < 4.78 is 1.76. The Hall–Kier alpha value is -1.76. The fourth-order valence-corrected chi connectivity index (χ4v) is 2.93. The molecule has 1 unspecified atom stereocenters. The van der Waals surface area contributed by atoms with E-state index in [9.17, 15) is 4.79 Å². The molecule has 6 nitrogen and oxygen atoms in total. The number of aromatic nitrogens is 4. The minimum Gasteiger partial charge on any atom is -0.310 e. The van der Waals surface area contributed by atoms with E-state index in [4.69, 9.17) is 0 Å². The number of rotatable bonds is 1. The van der Waals surface area contributed by atoms with E-state index in [1.54, 1.807) is 22.6 Å². The third kappa shape index (κ3) is 1.82. The van der Waals surface area contributed by atoms with Crippen molar-refractivity contribution in [3.8, 4) is 0 Å². The van der Waals surface area contributed by atoms with E-state index < -0.39 is 0 Å². The number of carbonyl (C=O) groups is 1. The molecule has 2 N–H and O–H groups in total. The third-order valence-corrected chi connectivity index (χ3v) is 3.91. The first-order valence-corrected chi connectivity index (χ1v) is 6.22. The molecule has 1 amide bonds. The van der Waals surface area contributed by atoms with Gasteiger partial charge in [-0.25, -0.2) is 0 Å². The smallest absolute Gasteiger partial charge is 0.235 e. The van der Waals surface area contributed by atoms with Gasteiger partial charge in [0.15, 0.2) is 0 Å². The van der Waals surface area contributed by atoms with Crippen LogP contribution in [0.5, 0.6) is 0 Å². The molecule has 0 aliphatic carbocycles. The maximum atomic E-state index is 11.5. The van der Waals surface area contributed by atoms with Gasteiger partial charge in [0.25, 0.3) is 0 Å². The summed E-state index contributed by atoms with van der Waals surface area (Å²) in [5.74, 6) is 1.11. The van der Waals surface area contributed by atoms with Crippen molar-refractivity contribution < 1.29 is 4.79 Å². The van der Waals surface area contributed by atoms with Crippen molar-refractivity contribution >= 4 is 23.5 Å². The minimum atomic E-state index is -0.00751. The molecule has 7 heteroatoms. The molecule has 88 valence electrons. The van der Waals surface area contributed by atoms with Crippen LogP contribution in [0.3, 0.4) is 0 Å². The predicted molar refractivity (Wildman–Crippen MR) is 64.7 cm³/mol. The highest BCUT2D eigenvalue weighted by Gasteiger charge is 2.26. The monoisotopic (exact) mass is 249 g/mol. The molecule has 1 atom stereocenters. The van der Waals surface area contributed by atoms with Crippen LogP contribution in [-0.4, -0.2) is 31.6 Å². The molecule has 1 aliphatic heterocycles. The van der Waals surface area contributed by atoms with Crippen LogP contribution in [-0.2, 0) is 11.8 Å². The molecular formula is C10H11N5OS. The lowest BCUT2D eigenvalue weighted by Crippen LogP contribution is -2.12. The Balaban J connectivity index is 2.04. The number of thioether (sulfide) groups is 1. The second-order valence-corrected chi connectivity index (χ2v) is 4.98. The second-order valence-electron chi connectivity index (χ2n) is 3.89. The van der Waals surface area contributed by atoms with Gasteiger partial charge in [0.1, 0.15) is 5.82 Å². The molecule has 0 bridgehead atoms. The lowest BCUT2D eigenvalue weighted by Gasteiger charge is -2.10. The molecule has 0 fully saturated rings. The zero-order valence-corrected chi connectivity index (χ0v) is 9.99. The number of aryl methyl sites for hydroxylation is 1. The topological polar surface area (TPSA) is 75.6 Å². The number of anilines is 1. The van der Waals surface area contributed by atoms with E-state index in [1.165, 1.54) is 0 Å². The van der Waals surface area contributed by atoms with Gasteiger partial charge in [-0.3, -0.25) is 14.6 Å². The van der Waals surface area contributed by atoms with E-state index in [1.807, 2.05) is 19.4 Å². The molecule has 3 rings (SSSR count). The maximum Gasteiger partial charge on any atom is 0.235 e. The minimum absolute atomic E-state index is 0.00751. The number of aromatic amines is 1. The molecule has 0 spiro atoms. The van der Waals surface area contributed by atoms with Crippen LogP contribution in [0.2, 0.25) is 0 Å². The van der Waals surface area contributed by atoms with Gasteiger partial charge in [0.2, 0.25) is 5.91 Å². The Bertz CT molecular complexity index is 561. The summed E-state index contributed by atoms with van der Waals surface area (Å²) in [5.41, 5.74) is 2.07. The van der Waals surface area contributed by atoms with Crippen molar-refractivity contribution in [1.29, 1.82) is 0 Å². The number of carbonyl (C=O) groups excluding carboxylic acids is 1. The van der Waals surface area contributed by atoms with E-state index >= 15 is 0 Å². The Morgan fingerprint density at radius 2 is 2.41 bits per heavy atom. The van der Waals surface area contributed by atoms with E-state index in [0.29, 0.717) is 11.6 Å². The van der Waals surface area contributed by atoms with Gasteiger partial charge in [0.05, 0.1) is 23.4 Å². The lowest BCUT2D eigenvalue weighted by molar-refractivity contribution is -0.113. The van der Waals surface area contributed by atoms with Crippen LogP contribution in [0.1, 0.15) is 16.4 Å². The quantitative estimate of drug-likeness (QED) is 0.788. The van der Waals surface area contributed by atoms with Crippen LogP contribution in [0, 0.1) is 0 Å². The van der Waals surface area contributed by atoms with Crippen molar-refractivity contribution in [2.75, 3.05) is 11.1 Å². The predicted octanol–water partition coefficient (Wildman–Crippen LogP) is 0.918. The summed E-state index contributed by atoms with van der Waals surface area (Å²) >= 11 is 1.58. The fraction of sp³-hybridized carbons (Fsp3) is 0.300. The number of amides is 1. The van der Waals surface area contributed by atoms with Crippen LogP contribution >= 0.6 is 11.8 Å². The van der Waals surface area contributed by atoms with Crippen LogP contribution in [0.25, 0.3) is 0 Å². The van der Waals surface area contributed by atoms with Gasteiger partial charge >= 0.3 is 0 Å². The average molecular weight is 249 g/mol. The molecule has 0 aromatic carbocycles. The number of H-pyrrole nitrogens is 1. The molecular weight excluding hydrogens is 238 g/mol. The van der Waals surface area contributed by atoms with Crippen molar-refractivity contribution in [2.45, 2.75) is 5.25 Å². The summed E-state index contributed by atoms with van der Waals surface area (Å²) in [6.45, 7) is 0. The SMILES string of the molecule is Cn1cc(C2SCC(=O)Nc3[nH]ncc32)cn1. The number of hydrogen-bond donors (Lipinski definition) is 2. The number of fused-ring (bicyclic) bond motifs is 1. The van der Waals surface area contributed by atoms with Gasteiger partial charge in [0, 0.05) is 24.4 Å². The lowest BCUT2D eigenvalue weighted by atomic mass is 10.1. The van der Waals surface area contributed by atoms with Crippen LogP contribution in [0.4, 0.5) is 5.82 Å². The molecule has 1 aliphatic rings. The summed E-state index contributed by atoms with van der Waals surface area (Å²) in [6, 6.07) is 0. The second kappa shape index (κ2) is 3.92. The van der Waals surface area contributed by atoms with Crippen LogP contribution < -0.4 is 5.32 Å². The molecule has 0 saturated heterocycles. The van der Waals surface area contributed by atoms with Crippen molar-refractivity contribution in [3.63, 3.8) is 0 Å². The highest BCUT2D eigenvalue weighted by molar-refractivity contribution is 8.00. The third-order valence-electron chi connectivity index (χ3n) is 2.62. The molecule has 2 aromatic rings. The molecule has 17 heavy (non-hydrogen) atoms. The average Bonchev–Trinajstić information content (AvgIpc) is 2.87. The maximum absolute atomic E-state index is 11.5. The first-order valence-electron chi connectivity index (χ1n) is 5.17. The van der Waals surface area contributed by atoms with E-state index in [-0.39, 0.29) is 11.2 Å². The summed E-state index contributed by atoms with van der Waals surface area (Å²) in [5, 5.41) is 13.9. The summed E-state index contributed by atoms with van der Waals surface area (Å²) in [6.07, 6.45) is 5.54. The van der Waals surface area contributed by atoms with E-state index in [0.717, 1.165) is 11.1 Å². The summed E-state index contributed by atoms with van der Waals surface area (Å²) in [7, 11) is 1.88. The van der Waals surface area contributed by atoms with Crippen molar-refractivity contribution in [3.05, 3.63) is 29.7 Å². The zero-order chi connectivity index (χ0) is 11.8. The van der Waals surface area contributed by atoms with Gasteiger partial charge in [-0.15, -0.1) is 11.8 Å². The standard InChI is InChI=1S/C10H11N5OS/c1-15-4-6(2-12-15)9-7-3-11-14-10(7)13-8(16)5-17-9/h2-4,9H,5H2,1H3,(H2,11,13,14,16). The summed E-state index contributed by atoms with van der Waals surface area (Å²) in [4.78, 5) is 11.5. The van der Waals surface area contributed by atoms with Gasteiger partial charge in [-0.1, -0.05) is 0 Å². The normalized spacial score (nSPS) is 19.6. The number of hydrogen-bond acceptors (Lipinski definition) is 4. The Morgan fingerprint density at radius 3 is 3.18 bits per heavy atom. The van der Waals surface area contributed by atoms with Crippen molar-refractivity contribution in [2.24, 2.45) is 7.05 Å². The highest BCUT2D eigenvalue weighted by atomic mass is 32.2. The zero-order valence-electron chi connectivity index (χ0n) is 9.17. The van der Waals surface area contributed by atoms with Gasteiger partial charge in [-0.05, 0) is 0 Å². The Kier molecular flexibility index (Phi) is 2.40. The van der Waals surface area contributed by atoms with Crippen molar-refractivity contribution in [1.82, 2.24) is 20.0 Å². The van der Waals surface area contributed by atoms with Crippen LogP contribution in [0.15, 0.2) is 18.6 Å². The van der Waals surface area contributed by atoms with Gasteiger partial charge in [-0.2, -0.15) is 10.2 Å². The molecule has 2 aromatic heterocycles. The highest BCUT2D eigenvalue weighted by Crippen LogP contribution is 2.40. The molecule has 3 heterocycles. The van der Waals surface area contributed by atoms with E-state index in [2.05, 4.69) is 20.6 Å². The Labute approximate surface area is 102 Å².